The predicted octanol–water partition coefficient (Wildman–Crippen LogP) is 2.69. The minimum atomic E-state index is 0.532. The predicted molar refractivity (Wildman–Crippen MR) is 51.9 cm³/mol. The number of rotatable bonds is 0. The Hall–Kier alpha value is -0.0400. The third-order valence-electron chi connectivity index (χ3n) is 3.83. The van der Waals surface area contributed by atoms with E-state index in [-0.39, 0.29) is 0 Å². The fourth-order valence-electron chi connectivity index (χ4n) is 3.09. The van der Waals surface area contributed by atoms with Crippen LogP contribution in [-0.2, 0) is 0 Å². The molecule has 2 aliphatic rings. The van der Waals surface area contributed by atoms with Crippen molar-refractivity contribution in [3.05, 3.63) is 0 Å². The van der Waals surface area contributed by atoms with Crippen LogP contribution in [0, 0.1) is 11.8 Å². The fourth-order valence-corrected chi connectivity index (χ4v) is 3.09. The molecular weight excluding hydrogens is 146 g/mol. The number of hydrogen-bond donors (Lipinski definition) is 1. The van der Waals surface area contributed by atoms with E-state index in [9.17, 15) is 0 Å². The van der Waals surface area contributed by atoms with E-state index < -0.39 is 0 Å². The fraction of sp³-hybridized carbons (Fsp3) is 1.00. The summed E-state index contributed by atoms with van der Waals surface area (Å²) in [5, 5.41) is 0. The second kappa shape index (κ2) is 3.78. The molecule has 0 aromatic heterocycles. The smallest absolute Gasteiger partial charge is 0.00416 e. The third-order valence-corrected chi connectivity index (χ3v) is 3.83. The maximum Gasteiger partial charge on any atom is 0.00416 e. The van der Waals surface area contributed by atoms with Gasteiger partial charge in [0.2, 0.25) is 0 Å². The van der Waals surface area contributed by atoms with Gasteiger partial charge in [0.15, 0.2) is 0 Å². The van der Waals surface area contributed by atoms with E-state index in [1.54, 1.807) is 0 Å². The van der Waals surface area contributed by atoms with Crippen LogP contribution in [0.1, 0.15) is 51.4 Å². The maximum atomic E-state index is 5.99. The minimum Gasteiger partial charge on any atom is -0.328 e. The van der Waals surface area contributed by atoms with E-state index in [1.165, 1.54) is 51.4 Å². The van der Waals surface area contributed by atoms with Gasteiger partial charge in [0, 0.05) is 6.04 Å². The average Bonchev–Trinajstić information content (AvgIpc) is 2.28. The molecule has 0 aromatic rings. The molecule has 0 radical (unpaired) electrons. The van der Waals surface area contributed by atoms with Crippen molar-refractivity contribution in [3.63, 3.8) is 0 Å². The van der Waals surface area contributed by atoms with Crippen LogP contribution in [0.4, 0.5) is 0 Å². The van der Waals surface area contributed by atoms with Crippen LogP contribution < -0.4 is 5.73 Å². The van der Waals surface area contributed by atoms with Crippen molar-refractivity contribution in [3.8, 4) is 0 Å². The molecule has 0 amide bonds. The molecule has 2 saturated carbocycles. The van der Waals surface area contributed by atoms with E-state index in [4.69, 9.17) is 5.73 Å². The van der Waals surface area contributed by atoms with E-state index in [1.807, 2.05) is 0 Å². The third kappa shape index (κ3) is 1.82. The van der Waals surface area contributed by atoms with E-state index in [0.29, 0.717) is 6.04 Å². The second-order valence-electron chi connectivity index (χ2n) is 4.73. The molecule has 3 unspecified atom stereocenters. The van der Waals surface area contributed by atoms with Gasteiger partial charge in [0.1, 0.15) is 0 Å². The van der Waals surface area contributed by atoms with Crippen LogP contribution in [0.2, 0.25) is 0 Å². The summed E-state index contributed by atoms with van der Waals surface area (Å²) in [5.41, 5.74) is 5.99. The second-order valence-corrected chi connectivity index (χ2v) is 4.73. The van der Waals surface area contributed by atoms with Crippen molar-refractivity contribution in [1.29, 1.82) is 0 Å². The Morgan fingerprint density at radius 3 is 2.33 bits per heavy atom. The van der Waals surface area contributed by atoms with Gasteiger partial charge in [-0.3, -0.25) is 0 Å². The van der Waals surface area contributed by atoms with Gasteiger partial charge in [0.25, 0.3) is 0 Å². The summed E-state index contributed by atoms with van der Waals surface area (Å²) in [7, 11) is 0. The lowest BCUT2D eigenvalue weighted by Gasteiger charge is -2.33. The monoisotopic (exact) mass is 167 g/mol. The van der Waals surface area contributed by atoms with Crippen molar-refractivity contribution < 1.29 is 0 Å². The van der Waals surface area contributed by atoms with Crippen molar-refractivity contribution in [1.82, 2.24) is 0 Å². The molecule has 2 rings (SSSR count). The quantitative estimate of drug-likeness (QED) is 0.590. The van der Waals surface area contributed by atoms with E-state index >= 15 is 0 Å². The first-order chi connectivity index (χ1) is 5.86. The van der Waals surface area contributed by atoms with Crippen LogP contribution in [-0.4, -0.2) is 6.04 Å². The Kier molecular flexibility index (Phi) is 2.69. The van der Waals surface area contributed by atoms with Crippen molar-refractivity contribution in [2.24, 2.45) is 17.6 Å². The van der Waals surface area contributed by atoms with E-state index in [0.717, 1.165) is 11.8 Å². The van der Waals surface area contributed by atoms with Crippen LogP contribution in [0.5, 0.6) is 0 Å². The summed E-state index contributed by atoms with van der Waals surface area (Å²) in [5.74, 6) is 2.04. The average molecular weight is 167 g/mol. The van der Waals surface area contributed by atoms with Gasteiger partial charge in [-0.15, -0.1) is 0 Å². The molecule has 1 nitrogen and oxygen atoms in total. The Morgan fingerprint density at radius 2 is 1.50 bits per heavy atom. The summed E-state index contributed by atoms with van der Waals surface area (Å²) in [4.78, 5) is 0. The molecule has 1 heteroatoms. The Balaban J connectivity index is 1.94. The Labute approximate surface area is 75.7 Å². The molecule has 2 N–H and O–H groups in total. The van der Waals surface area contributed by atoms with Gasteiger partial charge in [-0.2, -0.15) is 0 Å². The molecule has 0 aromatic carbocycles. The highest BCUT2D eigenvalue weighted by molar-refractivity contribution is 4.83. The van der Waals surface area contributed by atoms with Gasteiger partial charge in [-0.1, -0.05) is 32.1 Å². The molecule has 2 aliphatic carbocycles. The normalized spacial score (nSPS) is 43.2. The number of fused-ring (bicyclic) bond motifs is 1. The summed E-state index contributed by atoms with van der Waals surface area (Å²) in [6.45, 7) is 0. The molecule has 0 aliphatic heterocycles. The summed E-state index contributed by atoms with van der Waals surface area (Å²) in [6.07, 6.45) is 11.4. The first-order valence-electron chi connectivity index (χ1n) is 5.62. The maximum absolute atomic E-state index is 5.99. The van der Waals surface area contributed by atoms with Gasteiger partial charge in [-0.25, -0.2) is 0 Å². The Bertz CT molecular complexity index is 144. The molecule has 0 spiro atoms. The molecular formula is C11H21N. The standard InChI is InChI=1S/C11H21N/c12-11-7-6-9-4-2-1-3-5-10(9)8-11/h9-11H,1-8,12H2. The minimum absolute atomic E-state index is 0.532. The largest absolute Gasteiger partial charge is 0.328 e. The van der Waals surface area contributed by atoms with Crippen LogP contribution in [0.25, 0.3) is 0 Å². The highest BCUT2D eigenvalue weighted by Crippen LogP contribution is 2.38. The number of nitrogens with two attached hydrogens (primary N) is 1. The van der Waals surface area contributed by atoms with Crippen LogP contribution in [0.15, 0.2) is 0 Å². The molecule has 0 bridgehead atoms. The Morgan fingerprint density at radius 1 is 0.750 bits per heavy atom. The molecule has 12 heavy (non-hydrogen) atoms. The topological polar surface area (TPSA) is 26.0 Å². The van der Waals surface area contributed by atoms with Crippen molar-refractivity contribution in [2.75, 3.05) is 0 Å². The zero-order valence-electron chi connectivity index (χ0n) is 7.97. The lowest BCUT2D eigenvalue weighted by Crippen LogP contribution is -2.32. The lowest BCUT2D eigenvalue weighted by atomic mass is 9.75. The number of hydrogen-bond acceptors (Lipinski definition) is 1. The van der Waals surface area contributed by atoms with Crippen LogP contribution in [0.3, 0.4) is 0 Å². The van der Waals surface area contributed by atoms with E-state index in [2.05, 4.69) is 0 Å². The van der Waals surface area contributed by atoms with Crippen molar-refractivity contribution in [2.45, 2.75) is 57.4 Å². The molecule has 2 fully saturated rings. The van der Waals surface area contributed by atoms with Gasteiger partial charge in [0.05, 0.1) is 0 Å². The zero-order valence-corrected chi connectivity index (χ0v) is 7.97. The summed E-state index contributed by atoms with van der Waals surface area (Å²) < 4.78 is 0. The summed E-state index contributed by atoms with van der Waals surface area (Å²) in [6, 6.07) is 0.532. The SMILES string of the molecule is NC1CCC2CCCCCC2C1. The highest BCUT2D eigenvalue weighted by atomic mass is 14.6. The summed E-state index contributed by atoms with van der Waals surface area (Å²) >= 11 is 0. The van der Waals surface area contributed by atoms with Gasteiger partial charge in [-0.05, 0) is 31.1 Å². The van der Waals surface area contributed by atoms with Gasteiger partial charge >= 0.3 is 0 Å². The lowest BCUT2D eigenvalue weighted by molar-refractivity contribution is 0.204. The van der Waals surface area contributed by atoms with Gasteiger partial charge < -0.3 is 5.73 Å². The molecule has 0 saturated heterocycles. The van der Waals surface area contributed by atoms with Crippen molar-refractivity contribution >= 4 is 0 Å². The molecule has 0 heterocycles. The molecule has 70 valence electrons. The first kappa shape index (κ1) is 8.55. The first-order valence-corrected chi connectivity index (χ1v) is 5.62. The van der Waals surface area contributed by atoms with Crippen LogP contribution >= 0.6 is 0 Å². The molecule has 3 atom stereocenters. The highest BCUT2D eigenvalue weighted by Gasteiger charge is 2.29. The zero-order chi connectivity index (χ0) is 8.39.